The van der Waals surface area contributed by atoms with E-state index in [1.165, 1.54) is 16.7 Å². The number of aryl methyl sites for hydroxylation is 2. The van der Waals surface area contributed by atoms with Gasteiger partial charge in [0.15, 0.2) is 0 Å². The third-order valence-corrected chi connectivity index (χ3v) is 3.76. The fourth-order valence-electron chi connectivity index (χ4n) is 2.38. The van der Waals surface area contributed by atoms with Crippen molar-refractivity contribution in [2.75, 3.05) is 26.7 Å². The summed E-state index contributed by atoms with van der Waals surface area (Å²) in [5, 5.41) is 3.52. The number of nitrogens with one attached hydrogen (secondary N) is 1. The van der Waals surface area contributed by atoms with E-state index in [2.05, 4.69) is 49.3 Å². The fraction of sp³-hybridized carbons (Fsp3) is 0.571. The lowest BCUT2D eigenvalue weighted by molar-refractivity contribution is 0.220. The van der Waals surface area contributed by atoms with Crippen molar-refractivity contribution >= 4 is 0 Å². The lowest BCUT2D eigenvalue weighted by Gasteiger charge is -2.34. The van der Waals surface area contributed by atoms with Crippen LogP contribution in [-0.4, -0.2) is 37.6 Å². The smallest absolute Gasteiger partial charge is 0.0463 e. The van der Waals surface area contributed by atoms with Crippen LogP contribution >= 0.6 is 0 Å². The molecule has 1 aliphatic heterocycles. The van der Waals surface area contributed by atoms with Crippen molar-refractivity contribution in [3.05, 3.63) is 34.9 Å². The van der Waals surface area contributed by atoms with E-state index in [9.17, 15) is 0 Å². The van der Waals surface area contributed by atoms with E-state index in [1.54, 1.807) is 0 Å². The molecule has 17 heavy (non-hydrogen) atoms. The van der Waals surface area contributed by atoms with Crippen molar-refractivity contribution in [1.82, 2.24) is 10.2 Å². The summed E-state index contributed by atoms with van der Waals surface area (Å²) in [7, 11) is 2.15. The SMILES string of the molecule is Cc1ccc(C(N)C2CN(C)CCN2)cc1C. The summed E-state index contributed by atoms with van der Waals surface area (Å²) in [4.78, 5) is 2.34. The van der Waals surface area contributed by atoms with Crippen LogP contribution < -0.4 is 11.1 Å². The molecule has 0 saturated carbocycles. The molecule has 1 fully saturated rings. The number of piperazine rings is 1. The van der Waals surface area contributed by atoms with Gasteiger partial charge in [-0.05, 0) is 37.6 Å². The average Bonchev–Trinajstić information content (AvgIpc) is 2.32. The van der Waals surface area contributed by atoms with Gasteiger partial charge in [-0.1, -0.05) is 18.2 Å². The minimum absolute atomic E-state index is 0.0806. The molecule has 3 heteroatoms. The Labute approximate surface area is 104 Å². The molecule has 2 rings (SSSR count). The maximum absolute atomic E-state index is 6.36. The molecule has 0 aliphatic carbocycles. The van der Waals surface area contributed by atoms with Gasteiger partial charge in [-0.3, -0.25) is 0 Å². The Morgan fingerprint density at radius 1 is 1.35 bits per heavy atom. The number of nitrogens with zero attached hydrogens (tertiary/aromatic N) is 1. The van der Waals surface area contributed by atoms with Gasteiger partial charge < -0.3 is 16.0 Å². The van der Waals surface area contributed by atoms with Gasteiger partial charge in [0.25, 0.3) is 0 Å². The lowest BCUT2D eigenvalue weighted by Crippen LogP contribution is -2.53. The van der Waals surface area contributed by atoms with Gasteiger partial charge in [-0.2, -0.15) is 0 Å². The molecule has 1 aliphatic rings. The molecule has 2 atom stereocenters. The van der Waals surface area contributed by atoms with Crippen LogP contribution in [-0.2, 0) is 0 Å². The first-order chi connectivity index (χ1) is 8.08. The first-order valence-corrected chi connectivity index (χ1v) is 6.32. The van der Waals surface area contributed by atoms with Crippen LogP contribution in [0.5, 0.6) is 0 Å². The minimum atomic E-state index is 0.0806. The Morgan fingerprint density at radius 2 is 2.12 bits per heavy atom. The Morgan fingerprint density at radius 3 is 2.76 bits per heavy atom. The quantitative estimate of drug-likeness (QED) is 0.806. The molecule has 0 spiro atoms. The molecule has 0 aromatic heterocycles. The Bertz CT molecular complexity index is 389. The second kappa shape index (κ2) is 5.17. The summed E-state index contributed by atoms with van der Waals surface area (Å²) in [5.41, 5.74) is 10.2. The minimum Gasteiger partial charge on any atom is -0.323 e. The highest BCUT2D eigenvalue weighted by molar-refractivity contribution is 5.32. The summed E-state index contributed by atoms with van der Waals surface area (Å²) in [6.45, 7) is 7.44. The van der Waals surface area contributed by atoms with Crippen molar-refractivity contribution in [1.29, 1.82) is 0 Å². The zero-order valence-electron chi connectivity index (χ0n) is 11.0. The highest BCUT2D eigenvalue weighted by Crippen LogP contribution is 2.19. The first kappa shape index (κ1) is 12.6. The number of hydrogen-bond donors (Lipinski definition) is 2. The van der Waals surface area contributed by atoms with Gasteiger partial charge in [-0.25, -0.2) is 0 Å². The molecular weight excluding hydrogens is 210 g/mol. The molecule has 94 valence electrons. The van der Waals surface area contributed by atoms with Gasteiger partial charge >= 0.3 is 0 Å². The number of benzene rings is 1. The topological polar surface area (TPSA) is 41.3 Å². The van der Waals surface area contributed by atoms with E-state index in [4.69, 9.17) is 5.73 Å². The third kappa shape index (κ3) is 2.86. The predicted octanol–water partition coefficient (Wildman–Crippen LogP) is 1.21. The largest absolute Gasteiger partial charge is 0.323 e. The normalized spacial score (nSPS) is 23.6. The monoisotopic (exact) mass is 233 g/mol. The third-order valence-electron chi connectivity index (χ3n) is 3.76. The molecule has 3 nitrogen and oxygen atoms in total. The van der Waals surface area contributed by atoms with Gasteiger partial charge in [0.05, 0.1) is 0 Å². The van der Waals surface area contributed by atoms with Gasteiger partial charge in [-0.15, -0.1) is 0 Å². The molecule has 0 bridgehead atoms. The number of nitrogens with two attached hydrogens (primary N) is 1. The number of rotatable bonds is 2. The number of likely N-dealkylation sites (N-methyl/N-ethyl adjacent to an activating group) is 1. The predicted molar refractivity (Wildman–Crippen MR) is 72.1 cm³/mol. The molecule has 1 saturated heterocycles. The van der Waals surface area contributed by atoms with E-state index < -0.39 is 0 Å². The second-order valence-electron chi connectivity index (χ2n) is 5.19. The van der Waals surface area contributed by atoms with Crippen LogP contribution in [0.1, 0.15) is 22.7 Å². The van der Waals surface area contributed by atoms with Gasteiger partial charge in [0.1, 0.15) is 0 Å². The highest BCUT2D eigenvalue weighted by atomic mass is 15.2. The van der Waals surface area contributed by atoms with Crippen molar-refractivity contribution in [3.8, 4) is 0 Å². The van der Waals surface area contributed by atoms with Crippen molar-refractivity contribution in [2.45, 2.75) is 25.9 Å². The standard InChI is InChI=1S/C14H23N3/c1-10-4-5-12(8-11(10)2)14(15)13-9-17(3)7-6-16-13/h4-5,8,13-14,16H,6-7,9,15H2,1-3H3. The summed E-state index contributed by atoms with van der Waals surface area (Å²) in [6.07, 6.45) is 0. The van der Waals surface area contributed by atoms with Crippen LogP contribution in [0.3, 0.4) is 0 Å². The fourth-order valence-corrected chi connectivity index (χ4v) is 2.38. The Kier molecular flexibility index (Phi) is 3.82. The molecule has 0 radical (unpaired) electrons. The summed E-state index contributed by atoms with van der Waals surface area (Å²) in [6, 6.07) is 6.98. The molecule has 1 aromatic rings. The molecular formula is C14H23N3. The zero-order valence-corrected chi connectivity index (χ0v) is 11.0. The molecule has 3 N–H and O–H groups in total. The van der Waals surface area contributed by atoms with Crippen LogP contribution in [0.25, 0.3) is 0 Å². The Balaban J connectivity index is 2.12. The lowest BCUT2D eigenvalue weighted by atomic mass is 9.95. The Hall–Kier alpha value is -0.900. The summed E-state index contributed by atoms with van der Waals surface area (Å²) in [5.74, 6) is 0. The van der Waals surface area contributed by atoms with Crippen molar-refractivity contribution in [2.24, 2.45) is 5.73 Å². The van der Waals surface area contributed by atoms with Crippen LogP contribution in [0.2, 0.25) is 0 Å². The number of hydrogen-bond acceptors (Lipinski definition) is 3. The zero-order chi connectivity index (χ0) is 12.4. The average molecular weight is 233 g/mol. The maximum atomic E-state index is 6.36. The van der Waals surface area contributed by atoms with Crippen molar-refractivity contribution in [3.63, 3.8) is 0 Å². The van der Waals surface area contributed by atoms with Crippen LogP contribution in [0.15, 0.2) is 18.2 Å². The van der Waals surface area contributed by atoms with E-state index in [1.807, 2.05) is 0 Å². The molecule has 1 heterocycles. The summed E-state index contributed by atoms with van der Waals surface area (Å²) >= 11 is 0. The molecule has 0 amide bonds. The van der Waals surface area contributed by atoms with Gasteiger partial charge in [0, 0.05) is 31.7 Å². The molecule has 2 unspecified atom stereocenters. The second-order valence-corrected chi connectivity index (χ2v) is 5.19. The van der Waals surface area contributed by atoms with E-state index in [0.717, 1.165) is 19.6 Å². The maximum Gasteiger partial charge on any atom is 0.0463 e. The van der Waals surface area contributed by atoms with E-state index >= 15 is 0 Å². The summed E-state index contributed by atoms with van der Waals surface area (Å²) < 4.78 is 0. The first-order valence-electron chi connectivity index (χ1n) is 6.32. The van der Waals surface area contributed by atoms with E-state index in [-0.39, 0.29) is 6.04 Å². The van der Waals surface area contributed by atoms with Crippen molar-refractivity contribution < 1.29 is 0 Å². The molecule has 1 aromatic carbocycles. The van der Waals surface area contributed by atoms with E-state index in [0.29, 0.717) is 6.04 Å². The van der Waals surface area contributed by atoms with Crippen LogP contribution in [0.4, 0.5) is 0 Å². The van der Waals surface area contributed by atoms with Crippen LogP contribution in [0, 0.1) is 13.8 Å². The van der Waals surface area contributed by atoms with Gasteiger partial charge in [0.2, 0.25) is 0 Å². The highest BCUT2D eigenvalue weighted by Gasteiger charge is 2.23.